The summed E-state index contributed by atoms with van der Waals surface area (Å²) in [4.78, 5) is 2.43. The molecule has 1 aromatic heterocycles. The first-order valence-corrected chi connectivity index (χ1v) is 20.0. The van der Waals surface area contributed by atoms with Crippen LogP contribution in [-0.4, -0.2) is 0 Å². The highest BCUT2D eigenvalue weighted by molar-refractivity contribution is 7.25. The van der Waals surface area contributed by atoms with Gasteiger partial charge in [0.15, 0.2) is 0 Å². The molecule has 262 valence electrons. The fraction of sp³-hybridized carbons (Fsp3) is 0. The highest BCUT2D eigenvalue weighted by Gasteiger charge is 2.21. The summed E-state index contributed by atoms with van der Waals surface area (Å²) in [5.74, 6) is 0. The van der Waals surface area contributed by atoms with Gasteiger partial charge in [-0.15, -0.1) is 11.3 Å². The lowest BCUT2D eigenvalue weighted by Crippen LogP contribution is -2.10. The maximum absolute atomic E-state index is 2.43. The van der Waals surface area contributed by atoms with E-state index in [1.54, 1.807) is 0 Å². The topological polar surface area (TPSA) is 3.24 Å². The van der Waals surface area contributed by atoms with Gasteiger partial charge in [-0.3, -0.25) is 0 Å². The fourth-order valence-corrected chi connectivity index (χ4v) is 9.83. The number of benzene rings is 10. The number of rotatable bonds is 6. The fourth-order valence-electron chi connectivity index (χ4n) is 8.70. The van der Waals surface area contributed by atoms with E-state index in [1.165, 1.54) is 85.9 Å². The lowest BCUT2D eigenvalue weighted by molar-refractivity contribution is 1.30. The number of hydrogen-bond acceptors (Lipinski definition) is 2. The summed E-state index contributed by atoms with van der Waals surface area (Å²) in [5, 5.41) is 10.1. The third-order valence-electron chi connectivity index (χ3n) is 11.2. The molecule has 2 heteroatoms. The highest BCUT2D eigenvalue weighted by Crippen LogP contribution is 2.47. The van der Waals surface area contributed by atoms with E-state index >= 15 is 0 Å². The predicted octanol–water partition coefficient (Wildman–Crippen LogP) is 16.0. The molecule has 0 bridgehead atoms. The van der Waals surface area contributed by atoms with Crippen LogP contribution in [0.5, 0.6) is 0 Å². The van der Waals surface area contributed by atoms with E-state index in [0.29, 0.717) is 0 Å². The first kappa shape index (κ1) is 32.4. The maximum Gasteiger partial charge on any atom is 0.0476 e. The molecule has 0 aliphatic carbocycles. The quantitative estimate of drug-likeness (QED) is 0.154. The van der Waals surface area contributed by atoms with Crippen molar-refractivity contribution in [3.63, 3.8) is 0 Å². The zero-order valence-corrected chi connectivity index (χ0v) is 31.4. The van der Waals surface area contributed by atoms with Crippen molar-refractivity contribution in [2.45, 2.75) is 0 Å². The minimum absolute atomic E-state index is 1.11. The summed E-state index contributed by atoms with van der Waals surface area (Å²) >= 11 is 1.86. The molecule has 10 aromatic carbocycles. The second-order valence-electron chi connectivity index (χ2n) is 14.4. The van der Waals surface area contributed by atoms with Gasteiger partial charge in [-0.25, -0.2) is 0 Å². The first-order chi connectivity index (χ1) is 27.8. The zero-order valence-electron chi connectivity index (χ0n) is 30.6. The van der Waals surface area contributed by atoms with Crippen molar-refractivity contribution in [3.8, 4) is 33.4 Å². The van der Waals surface area contributed by atoms with Crippen LogP contribution in [0.4, 0.5) is 17.1 Å². The van der Waals surface area contributed by atoms with E-state index in [2.05, 4.69) is 217 Å². The third-order valence-corrected chi connectivity index (χ3v) is 12.4. The average molecular weight is 730 g/mol. The first-order valence-electron chi connectivity index (χ1n) is 19.2. The van der Waals surface area contributed by atoms with Gasteiger partial charge in [0.2, 0.25) is 0 Å². The normalized spacial score (nSPS) is 11.6. The van der Waals surface area contributed by atoms with Crippen molar-refractivity contribution < 1.29 is 0 Å². The van der Waals surface area contributed by atoms with Crippen LogP contribution in [0.1, 0.15) is 0 Å². The molecular formula is C54H35NS. The zero-order chi connectivity index (χ0) is 37.0. The SMILES string of the molecule is c1ccc(-c2c(-c3ccccc3)c3cc(N(c4ccc(-c5cccc6ccccc56)cc4)c4ccc5c(c4)sc4ccccc45)ccc3c3ccccc23)cc1. The molecule has 0 saturated heterocycles. The molecule has 0 N–H and O–H groups in total. The van der Waals surface area contributed by atoms with Crippen molar-refractivity contribution in [1.82, 2.24) is 0 Å². The van der Waals surface area contributed by atoms with Crippen molar-refractivity contribution in [2.24, 2.45) is 0 Å². The minimum Gasteiger partial charge on any atom is -0.310 e. The molecule has 0 spiro atoms. The summed E-state index contributed by atoms with van der Waals surface area (Å²) in [5.41, 5.74) is 10.7. The number of hydrogen-bond donors (Lipinski definition) is 0. The largest absolute Gasteiger partial charge is 0.310 e. The Morgan fingerprint density at radius 3 is 1.55 bits per heavy atom. The molecule has 0 unspecified atom stereocenters. The van der Waals surface area contributed by atoms with Crippen LogP contribution in [-0.2, 0) is 0 Å². The molecule has 0 saturated carbocycles. The number of thiophene rings is 1. The van der Waals surface area contributed by atoms with E-state index < -0.39 is 0 Å². The standard InChI is InChI=1S/C54H35NS/c1-3-15-38(16-4-1)53-49-23-10-9-21-45(49)46-32-30-41(34-50(46)54(53)39-17-5-2-6-18-39)55(42-31-33-48-47-22-11-12-25-51(47)56-52(48)35-42)40-28-26-37(27-29-40)44-24-13-19-36-14-7-8-20-43(36)44/h1-35H. The monoisotopic (exact) mass is 729 g/mol. The molecule has 11 rings (SSSR count). The highest BCUT2D eigenvalue weighted by atomic mass is 32.1. The second-order valence-corrected chi connectivity index (χ2v) is 15.5. The smallest absolute Gasteiger partial charge is 0.0476 e. The van der Waals surface area contributed by atoms with Crippen molar-refractivity contribution >= 4 is 80.9 Å². The number of fused-ring (bicyclic) bond motifs is 7. The molecule has 0 radical (unpaired) electrons. The minimum atomic E-state index is 1.11. The molecule has 0 amide bonds. The maximum atomic E-state index is 2.43. The van der Waals surface area contributed by atoms with Crippen LogP contribution >= 0.6 is 11.3 Å². The van der Waals surface area contributed by atoms with Gasteiger partial charge in [-0.05, 0) is 108 Å². The van der Waals surface area contributed by atoms with Crippen LogP contribution in [0.15, 0.2) is 212 Å². The Bertz CT molecular complexity index is 3230. The van der Waals surface area contributed by atoms with Gasteiger partial charge in [0, 0.05) is 37.2 Å². The van der Waals surface area contributed by atoms with Crippen LogP contribution in [0.3, 0.4) is 0 Å². The van der Waals surface area contributed by atoms with Crippen LogP contribution in [0.2, 0.25) is 0 Å². The Morgan fingerprint density at radius 2 is 0.804 bits per heavy atom. The van der Waals surface area contributed by atoms with Gasteiger partial charge in [0.05, 0.1) is 0 Å². The van der Waals surface area contributed by atoms with Gasteiger partial charge < -0.3 is 4.90 Å². The second kappa shape index (κ2) is 13.4. The van der Waals surface area contributed by atoms with Gasteiger partial charge >= 0.3 is 0 Å². The van der Waals surface area contributed by atoms with Gasteiger partial charge in [-0.2, -0.15) is 0 Å². The van der Waals surface area contributed by atoms with Crippen molar-refractivity contribution in [2.75, 3.05) is 4.90 Å². The van der Waals surface area contributed by atoms with E-state index in [0.717, 1.165) is 17.1 Å². The Hall–Kier alpha value is -7.00. The molecule has 0 fully saturated rings. The summed E-state index contributed by atoms with van der Waals surface area (Å²) in [6.45, 7) is 0. The number of anilines is 3. The van der Waals surface area contributed by atoms with E-state index in [4.69, 9.17) is 0 Å². The van der Waals surface area contributed by atoms with E-state index in [-0.39, 0.29) is 0 Å². The van der Waals surface area contributed by atoms with Crippen molar-refractivity contribution in [3.05, 3.63) is 212 Å². The molecule has 11 aromatic rings. The average Bonchev–Trinajstić information content (AvgIpc) is 3.65. The molecule has 0 aliphatic rings. The van der Waals surface area contributed by atoms with Crippen LogP contribution < -0.4 is 4.90 Å². The summed E-state index contributed by atoms with van der Waals surface area (Å²) < 4.78 is 2.59. The lowest BCUT2D eigenvalue weighted by atomic mass is 9.85. The molecule has 0 atom stereocenters. The molecule has 0 aliphatic heterocycles. The van der Waals surface area contributed by atoms with Crippen LogP contribution in [0.25, 0.3) is 85.9 Å². The summed E-state index contributed by atoms with van der Waals surface area (Å²) in [6, 6.07) is 77.8. The predicted molar refractivity (Wildman–Crippen MR) is 243 cm³/mol. The number of nitrogens with zero attached hydrogens (tertiary/aromatic N) is 1. The summed E-state index contributed by atoms with van der Waals surface area (Å²) in [6.07, 6.45) is 0. The van der Waals surface area contributed by atoms with E-state index in [9.17, 15) is 0 Å². The Balaban J connectivity index is 1.17. The Morgan fingerprint density at radius 1 is 0.286 bits per heavy atom. The van der Waals surface area contributed by atoms with Crippen molar-refractivity contribution in [1.29, 1.82) is 0 Å². The summed E-state index contributed by atoms with van der Waals surface area (Å²) in [7, 11) is 0. The van der Waals surface area contributed by atoms with Crippen LogP contribution in [0, 0.1) is 0 Å². The Labute approximate surface area is 330 Å². The van der Waals surface area contributed by atoms with Gasteiger partial charge in [0.1, 0.15) is 0 Å². The lowest BCUT2D eigenvalue weighted by Gasteiger charge is -2.27. The van der Waals surface area contributed by atoms with Gasteiger partial charge in [-0.1, -0.05) is 170 Å². The molecule has 1 heterocycles. The molecule has 56 heavy (non-hydrogen) atoms. The third kappa shape index (κ3) is 5.38. The van der Waals surface area contributed by atoms with E-state index in [1.807, 2.05) is 11.3 Å². The molecular weight excluding hydrogens is 695 g/mol. The van der Waals surface area contributed by atoms with Gasteiger partial charge in [0.25, 0.3) is 0 Å². The Kier molecular flexibility index (Phi) is 7.75. The molecule has 1 nitrogen and oxygen atoms in total.